The third-order valence-electron chi connectivity index (χ3n) is 3.95. The molecule has 0 saturated carbocycles. The molecule has 0 amide bonds. The third-order valence-corrected chi connectivity index (χ3v) is 5.39. The van der Waals surface area contributed by atoms with Crippen LogP contribution in [0.4, 0.5) is 0 Å². The Labute approximate surface area is 141 Å². The number of piperidine rings is 1. The maximum absolute atomic E-state index is 12.3. The molecule has 10 heteroatoms. The summed E-state index contributed by atoms with van der Waals surface area (Å²) in [4.78, 5) is 23.2. The van der Waals surface area contributed by atoms with Gasteiger partial charge in [-0.15, -0.1) is 12.4 Å². The van der Waals surface area contributed by atoms with Gasteiger partial charge >= 0.3 is 5.69 Å². The summed E-state index contributed by atoms with van der Waals surface area (Å²) in [5, 5.41) is 3.28. The molecule has 8 nitrogen and oxygen atoms in total. The summed E-state index contributed by atoms with van der Waals surface area (Å²) in [5.41, 5.74) is -1.37. The van der Waals surface area contributed by atoms with Gasteiger partial charge < -0.3 is 9.88 Å². The van der Waals surface area contributed by atoms with Crippen LogP contribution in [0.15, 0.2) is 20.7 Å². The van der Waals surface area contributed by atoms with Gasteiger partial charge in [0, 0.05) is 26.8 Å². The van der Waals surface area contributed by atoms with Gasteiger partial charge in [-0.1, -0.05) is 0 Å². The van der Waals surface area contributed by atoms with Crippen LogP contribution in [0.5, 0.6) is 0 Å². The molecule has 1 atom stereocenters. The number of halogens is 1. The first kappa shape index (κ1) is 19.9. The van der Waals surface area contributed by atoms with Crippen molar-refractivity contribution in [1.29, 1.82) is 0 Å². The molecule has 1 unspecified atom stereocenters. The van der Waals surface area contributed by atoms with Gasteiger partial charge in [0.15, 0.2) is 4.90 Å². The maximum Gasteiger partial charge on any atom is 0.330 e. The first-order valence-corrected chi connectivity index (χ1v) is 8.78. The fourth-order valence-corrected chi connectivity index (χ4v) is 3.81. The molecule has 0 bridgehead atoms. The van der Waals surface area contributed by atoms with Crippen LogP contribution in [0.1, 0.15) is 19.3 Å². The third kappa shape index (κ3) is 4.66. The zero-order valence-electron chi connectivity index (χ0n) is 13.2. The summed E-state index contributed by atoms with van der Waals surface area (Å²) >= 11 is 0. The molecule has 2 heterocycles. The van der Waals surface area contributed by atoms with Gasteiger partial charge in [-0.3, -0.25) is 9.36 Å². The minimum Gasteiger partial charge on any atom is -0.316 e. The van der Waals surface area contributed by atoms with Gasteiger partial charge in [0.2, 0.25) is 10.0 Å². The van der Waals surface area contributed by atoms with Gasteiger partial charge in [-0.25, -0.2) is 17.9 Å². The summed E-state index contributed by atoms with van der Waals surface area (Å²) < 4.78 is 28.8. The average molecular weight is 367 g/mol. The van der Waals surface area contributed by atoms with Crippen molar-refractivity contribution < 1.29 is 8.42 Å². The van der Waals surface area contributed by atoms with E-state index in [1.807, 2.05) is 0 Å². The van der Waals surface area contributed by atoms with E-state index in [1.165, 1.54) is 14.1 Å². The van der Waals surface area contributed by atoms with Crippen LogP contribution < -0.4 is 21.3 Å². The summed E-state index contributed by atoms with van der Waals surface area (Å²) in [6.07, 6.45) is 3.96. The molecule has 23 heavy (non-hydrogen) atoms. The number of nitrogens with one attached hydrogen (secondary N) is 2. The Bertz CT molecular complexity index is 750. The summed E-state index contributed by atoms with van der Waals surface area (Å²) in [6, 6.07) is 0. The Morgan fingerprint density at radius 2 is 2.04 bits per heavy atom. The number of hydrogen-bond donors (Lipinski definition) is 2. The van der Waals surface area contributed by atoms with E-state index < -0.39 is 26.2 Å². The molecular formula is C13H23ClN4O4S. The first-order chi connectivity index (χ1) is 10.3. The SMILES string of the molecule is Cl.Cn1cc(S(=O)(=O)NCCC2CCCNC2)c(=O)n(C)c1=O. The smallest absolute Gasteiger partial charge is 0.316 e. The summed E-state index contributed by atoms with van der Waals surface area (Å²) in [6.45, 7) is 2.18. The van der Waals surface area contributed by atoms with Gasteiger partial charge in [0.05, 0.1) is 0 Å². The van der Waals surface area contributed by atoms with Gasteiger partial charge in [0.1, 0.15) is 0 Å². The number of aryl methyl sites for hydroxylation is 1. The van der Waals surface area contributed by atoms with E-state index in [0.717, 1.165) is 47.7 Å². The predicted octanol–water partition coefficient (Wildman–Crippen LogP) is -0.826. The first-order valence-electron chi connectivity index (χ1n) is 7.30. The molecule has 1 aromatic rings. The maximum atomic E-state index is 12.3. The highest BCUT2D eigenvalue weighted by atomic mass is 35.5. The second-order valence-electron chi connectivity index (χ2n) is 5.65. The Kier molecular flexibility index (Phi) is 7.00. The van der Waals surface area contributed by atoms with Crippen molar-refractivity contribution in [2.45, 2.75) is 24.2 Å². The number of aromatic nitrogens is 2. The van der Waals surface area contributed by atoms with E-state index in [9.17, 15) is 18.0 Å². The van der Waals surface area contributed by atoms with Gasteiger partial charge in [-0.2, -0.15) is 0 Å². The van der Waals surface area contributed by atoms with Crippen molar-refractivity contribution in [3.63, 3.8) is 0 Å². The fourth-order valence-electron chi connectivity index (χ4n) is 2.60. The topological polar surface area (TPSA) is 102 Å². The van der Waals surface area contributed by atoms with Crippen LogP contribution in [0.25, 0.3) is 0 Å². The lowest BCUT2D eigenvalue weighted by Crippen LogP contribution is -2.42. The average Bonchev–Trinajstić information content (AvgIpc) is 2.49. The summed E-state index contributed by atoms with van der Waals surface area (Å²) in [7, 11) is -1.24. The van der Waals surface area contributed by atoms with Crippen molar-refractivity contribution in [1.82, 2.24) is 19.2 Å². The Morgan fingerprint density at radius 1 is 1.35 bits per heavy atom. The van der Waals surface area contributed by atoms with Crippen molar-refractivity contribution in [3.05, 3.63) is 27.0 Å². The second-order valence-corrected chi connectivity index (χ2v) is 7.39. The Morgan fingerprint density at radius 3 is 2.65 bits per heavy atom. The molecule has 1 aliphatic heterocycles. The lowest BCUT2D eigenvalue weighted by Gasteiger charge is -2.22. The van der Waals surface area contributed by atoms with Crippen LogP contribution in [0, 0.1) is 5.92 Å². The number of rotatable bonds is 5. The van der Waals surface area contributed by atoms with E-state index in [2.05, 4.69) is 10.0 Å². The molecule has 1 fully saturated rings. The zero-order chi connectivity index (χ0) is 16.3. The van der Waals surface area contributed by atoms with Crippen molar-refractivity contribution in [2.24, 2.45) is 20.0 Å². The van der Waals surface area contributed by atoms with Crippen LogP contribution in [-0.2, 0) is 24.1 Å². The fraction of sp³-hybridized carbons (Fsp3) is 0.692. The Hall–Kier alpha value is -1.16. The van der Waals surface area contributed by atoms with E-state index in [4.69, 9.17) is 0 Å². The summed E-state index contributed by atoms with van der Waals surface area (Å²) in [5.74, 6) is 0.444. The quantitative estimate of drug-likeness (QED) is 0.708. The molecule has 0 aromatic carbocycles. The number of nitrogens with zero attached hydrogens (tertiary/aromatic N) is 2. The Balaban J connectivity index is 0.00000264. The van der Waals surface area contributed by atoms with Crippen LogP contribution in [0.2, 0.25) is 0 Å². The molecule has 0 aliphatic carbocycles. The number of hydrogen-bond acceptors (Lipinski definition) is 5. The standard InChI is InChI=1S/C13H22N4O4S.ClH/c1-16-9-11(12(18)17(2)13(16)19)22(20,21)15-7-5-10-4-3-6-14-8-10;/h9-10,14-15H,3-8H2,1-2H3;1H. The van der Waals surface area contributed by atoms with E-state index in [0.29, 0.717) is 5.92 Å². The highest BCUT2D eigenvalue weighted by molar-refractivity contribution is 7.89. The molecule has 0 spiro atoms. The lowest BCUT2D eigenvalue weighted by molar-refractivity contribution is 0.358. The van der Waals surface area contributed by atoms with Crippen molar-refractivity contribution in [3.8, 4) is 0 Å². The van der Waals surface area contributed by atoms with E-state index in [-0.39, 0.29) is 19.0 Å². The minimum atomic E-state index is -3.92. The van der Waals surface area contributed by atoms with Crippen LogP contribution in [0.3, 0.4) is 0 Å². The molecular weight excluding hydrogens is 344 g/mol. The normalized spacial score (nSPS) is 18.4. The molecule has 2 N–H and O–H groups in total. The van der Waals surface area contributed by atoms with Crippen molar-refractivity contribution >= 4 is 22.4 Å². The number of sulfonamides is 1. The molecule has 1 aliphatic rings. The van der Waals surface area contributed by atoms with E-state index >= 15 is 0 Å². The zero-order valence-corrected chi connectivity index (χ0v) is 14.9. The molecule has 0 radical (unpaired) electrons. The van der Waals surface area contributed by atoms with Gasteiger partial charge in [-0.05, 0) is 38.3 Å². The monoisotopic (exact) mass is 366 g/mol. The van der Waals surface area contributed by atoms with Crippen molar-refractivity contribution in [2.75, 3.05) is 19.6 Å². The van der Waals surface area contributed by atoms with Crippen LogP contribution >= 0.6 is 12.4 Å². The molecule has 2 rings (SSSR count). The molecule has 1 aromatic heterocycles. The second kappa shape index (κ2) is 8.09. The predicted molar refractivity (Wildman–Crippen MR) is 89.6 cm³/mol. The van der Waals surface area contributed by atoms with Gasteiger partial charge in [0.25, 0.3) is 5.56 Å². The molecule has 132 valence electrons. The molecule has 1 saturated heterocycles. The largest absolute Gasteiger partial charge is 0.330 e. The minimum absolute atomic E-state index is 0. The lowest BCUT2D eigenvalue weighted by atomic mass is 9.96. The highest BCUT2D eigenvalue weighted by Crippen LogP contribution is 2.13. The van der Waals surface area contributed by atoms with E-state index in [1.54, 1.807) is 0 Å². The van der Waals surface area contributed by atoms with Crippen LogP contribution in [-0.4, -0.2) is 37.2 Å². The highest BCUT2D eigenvalue weighted by Gasteiger charge is 2.21.